The van der Waals surface area contributed by atoms with E-state index in [9.17, 15) is 9.59 Å². The lowest BCUT2D eigenvalue weighted by molar-refractivity contribution is -0.133. The Hall–Kier alpha value is -2.08. The predicted molar refractivity (Wildman–Crippen MR) is 93.3 cm³/mol. The first kappa shape index (κ1) is 16.4. The van der Waals surface area contributed by atoms with Gasteiger partial charge in [-0.15, -0.1) is 0 Å². The zero-order chi connectivity index (χ0) is 17.2. The minimum atomic E-state index is -0.368. The Morgan fingerprint density at radius 1 is 1.08 bits per heavy atom. The summed E-state index contributed by atoms with van der Waals surface area (Å²) in [6, 6.07) is 9.32. The van der Waals surface area contributed by atoms with Gasteiger partial charge in [-0.1, -0.05) is 24.3 Å². The number of fused-ring (bicyclic) bond motifs is 1. The summed E-state index contributed by atoms with van der Waals surface area (Å²) >= 11 is 0. The van der Waals surface area contributed by atoms with Crippen LogP contribution in [-0.4, -0.2) is 78.6 Å². The van der Waals surface area contributed by atoms with Crippen molar-refractivity contribution in [1.29, 1.82) is 0 Å². The molecule has 1 aromatic rings. The molecule has 0 aromatic heterocycles. The summed E-state index contributed by atoms with van der Waals surface area (Å²) < 4.78 is 4.89. The van der Waals surface area contributed by atoms with Gasteiger partial charge in [0.25, 0.3) is 0 Å². The van der Waals surface area contributed by atoms with Crippen molar-refractivity contribution in [3.63, 3.8) is 0 Å². The predicted octanol–water partition coefficient (Wildman–Crippen LogP) is 1.14. The molecule has 25 heavy (non-hydrogen) atoms. The topological polar surface area (TPSA) is 53.1 Å². The van der Waals surface area contributed by atoms with Crippen LogP contribution in [0.25, 0.3) is 0 Å². The molecule has 2 heterocycles. The highest BCUT2D eigenvalue weighted by atomic mass is 16.6. The first-order chi connectivity index (χ1) is 12.2. The van der Waals surface area contributed by atoms with E-state index in [0.29, 0.717) is 19.2 Å². The van der Waals surface area contributed by atoms with E-state index in [-0.39, 0.29) is 18.5 Å². The second-order valence-electron chi connectivity index (χ2n) is 7.12. The van der Waals surface area contributed by atoms with Gasteiger partial charge in [0.05, 0.1) is 6.54 Å². The Kier molecular flexibility index (Phi) is 4.61. The van der Waals surface area contributed by atoms with Crippen LogP contribution in [0.2, 0.25) is 0 Å². The van der Waals surface area contributed by atoms with Crippen LogP contribution in [0, 0.1) is 0 Å². The van der Waals surface area contributed by atoms with Gasteiger partial charge in [0, 0.05) is 32.2 Å². The van der Waals surface area contributed by atoms with E-state index in [1.807, 2.05) is 4.90 Å². The third-order valence-corrected chi connectivity index (χ3v) is 5.68. The van der Waals surface area contributed by atoms with Crippen LogP contribution < -0.4 is 0 Å². The Morgan fingerprint density at radius 3 is 2.56 bits per heavy atom. The Balaban J connectivity index is 1.28. The molecule has 3 aliphatic rings. The third kappa shape index (κ3) is 3.49. The number of cyclic esters (lactones) is 1. The Labute approximate surface area is 148 Å². The molecule has 4 rings (SSSR count). The number of carbonyl (C=O) groups excluding carboxylic acids is 2. The summed E-state index contributed by atoms with van der Waals surface area (Å²) in [5, 5.41) is 0. The molecule has 0 bridgehead atoms. The standard InChI is InChI=1S/C19H25N3O3/c23-18(14-22-11-12-25-19(22)24)21-9-7-20(8-10-21)17-6-5-15-3-1-2-4-16(15)13-17/h1-4,17H,5-14H2/t17-/m0/s1. The van der Waals surface area contributed by atoms with Gasteiger partial charge < -0.3 is 9.64 Å². The Morgan fingerprint density at radius 2 is 1.84 bits per heavy atom. The van der Waals surface area contributed by atoms with Gasteiger partial charge in [0.1, 0.15) is 13.2 Å². The fraction of sp³-hybridized carbons (Fsp3) is 0.579. The number of aryl methyl sites for hydroxylation is 1. The quantitative estimate of drug-likeness (QED) is 0.826. The molecular formula is C19H25N3O3. The minimum Gasteiger partial charge on any atom is -0.448 e. The van der Waals surface area contributed by atoms with Gasteiger partial charge in [-0.05, 0) is 30.4 Å². The van der Waals surface area contributed by atoms with Gasteiger partial charge in [-0.2, -0.15) is 0 Å². The molecule has 6 heteroatoms. The average molecular weight is 343 g/mol. The van der Waals surface area contributed by atoms with Gasteiger partial charge in [0.15, 0.2) is 0 Å². The molecule has 2 aliphatic heterocycles. The van der Waals surface area contributed by atoms with Crippen LogP contribution in [0.3, 0.4) is 0 Å². The zero-order valence-electron chi connectivity index (χ0n) is 14.5. The number of carbonyl (C=O) groups is 2. The van der Waals surface area contributed by atoms with Crippen LogP contribution in [0.1, 0.15) is 17.5 Å². The number of benzene rings is 1. The maximum atomic E-state index is 12.4. The van der Waals surface area contributed by atoms with E-state index in [1.165, 1.54) is 22.4 Å². The number of ether oxygens (including phenoxy) is 1. The number of rotatable bonds is 3. The SMILES string of the molecule is O=C(CN1CCOC1=O)N1CCN([C@H]2CCc3ccccc3C2)CC1. The molecule has 2 amide bonds. The lowest BCUT2D eigenvalue weighted by Gasteiger charge is -2.41. The van der Waals surface area contributed by atoms with Crippen LogP contribution in [-0.2, 0) is 22.4 Å². The summed E-state index contributed by atoms with van der Waals surface area (Å²) in [7, 11) is 0. The second-order valence-corrected chi connectivity index (χ2v) is 7.12. The molecule has 0 saturated carbocycles. The van der Waals surface area contributed by atoms with Crippen molar-refractivity contribution in [2.24, 2.45) is 0 Å². The second kappa shape index (κ2) is 7.04. The van der Waals surface area contributed by atoms with Crippen molar-refractivity contribution in [3.05, 3.63) is 35.4 Å². The third-order valence-electron chi connectivity index (χ3n) is 5.68. The number of hydrogen-bond acceptors (Lipinski definition) is 4. The number of hydrogen-bond donors (Lipinski definition) is 0. The molecule has 1 aromatic carbocycles. The molecule has 1 aliphatic carbocycles. The van der Waals surface area contributed by atoms with E-state index in [1.54, 1.807) is 0 Å². The van der Waals surface area contributed by atoms with Crippen LogP contribution in [0.15, 0.2) is 24.3 Å². The fourth-order valence-electron chi connectivity index (χ4n) is 4.16. The molecular weight excluding hydrogens is 318 g/mol. The molecule has 2 saturated heterocycles. The first-order valence-electron chi connectivity index (χ1n) is 9.21. The van der Waals surface area contributed by atoms with E-state index < -0.39 is 0 Å². The van der Waals surface area contributed by atoms with Crippen LogP contribution in [0.4, 0.5) is 4.79 Å². The lowest BCUT2D eigenvalue weighted by atomic mass is 9.87. The molecule has 0 N–H and O–H groups in total. The average Bonchev–Trinajstić information content (AvgIpc) is 3.06. The van der Waals surface area contributed by atoms with Crippen molar-refractivity contribution < 1.29 is 14.3 Å². The van der Waals surface area contributed by atoms with E-state index in [2.05, 4.69) is 29.2 Å². The fourth-order valence-corrected chi connectivity index (χ4v) is 4.16. The van der Waals surface area contributed by atoms with Crippen LogP contribution in [0.5, 0.6) is 0 Å². The molecule has 1 atom stereocenters. The largest absolute Gasteiger partial charge is 0.448 e. The molecule has 0 unspecified atom stereocenters. The monoisotopic (exact) mass is 343 g/mol. The van der Waals surface area contributed by atoms with Crippen molar-refractivity contribution in [3.8, 4) is 0 Å². The summed E-state index contributed by atoms with van der Waals surface area (Å²) in [5.41, 5.74) is 2.97. The summed E-state index contributed by atoms with van der Waals surface area (Å²) in [5.74, 6) is 0.0347. The maximum Gasteiger partial charge on any atom is 0.410 e. The lowest BCUT2D eigenvalue weighted by Crippen LogP contribution is -2.54. The summed E-state index contributed by atoms with van der Waals surface area (Å²) in [4.78, 5) is 29.8. The van der Waals surface area contributed by atoms with Crippen LogP contribution >= 0.6 is 0 Å². The highest BCUT2D eigenvalue weighted by Gasteiger charge is 2.31. The van der Waals surface area contributed by atoms with E-state index in [0.717, 1.165) is 39.0 Å². The number of nitrogens with zero attached hydrogens (tertiary/aromatic N) is 3. The molecule has 6 nitrogen and oxygen atoms in total. The first-order valence-corrected chi connectivity index (χ1v) is 9.21. The summed E-state index contributed by atoms with van der Waals surface area (Å²) in [6.45, 7) is 4.40. The molecule has 0 radical (unpaired) electrons. The minimum absolute atomic E-state index is 0.0347. The van der Waals surface area contributed by atoms with Crippen molar-refractivity contribution in [2.75, 3.05) is 45.9 Å². The van der Waals surface area contributed by atoms with Gasteiger partial charge in [-0.3, -0.25) is 14.6 Å². The highest BCUT2D eigenvalue weighted by molar-refractivity contribution is 5.83. The van der Waals surface area contributed by atoms with Crippen molar-refractivity contribution in [1.82, 2.24) is 14.7 Å². The van der Waals surface area contributed by atoms with E-state index in [4.69, 9.17) is 4.74 Å². The smallest absolute Gasteiger partial charge is 0.410 e. The Bertz CT molecular complexity index is 655. The maximum absolute atomic E-state index is 12.4. The number of piperazine rings is 1. The van der Waals surface area contributed by atoms with Gasteiger partial charge in [0.2, 0.25) is 5.91 Å². The van der Waals surface area contributed by atoms with Crippen molar-refractivity contribution >= 4 is 12.0 Å². The molecule has 0 spiro atoms. The zero-order valence-corrected chi connectivity index (χ0v) is 14.5. The summed E-state index contributed by atoms with van der Waals surface area (Å²) in [6.07, 6.45) is 3.10. The van der Waals surface area contributed by atoms with Gasteiger partial charge in [-0.25, -0.2) is 4.79 Å². The molecule has 2 fully saturated rings. The van der Waals surface area contributed by atoms with E-state index >= 15 is 0 Å². The number of amides is 2. The molecule has 134 valence electrons. The normalized spacial score (nSPS) is 24.2. The van der Waals surface area contributed by atoms with Gasteiger partial charge >= 0.3 is 6.09 Å². The van der Waals surface area contributed by atoms with Crippen molar-refractivity contribution in [2.45, 2.75) is 25.3 Å². The highest BCUT2D eigenvalue weighted by Crippen LogP contribution is 2.25.